The van der Waals surface area contributed by atoms with E-state index in [1.54, 1.807) is 43.3 Å². The van der Waals surface area contributed by atoms with Crippen molar-refractivity contribution in [2.24, 2.45) is 0 Å². The number of hydrogen-bond donors (Lipinski definition) is 2. The number of sulfonamides is 1. The van der Waals surface area contributed by atoms with Gasteiger partial charge in [0.15, 0.2) is 17.4 Å². The lowest BCUT2D eigenvalue weighted by atomic mass is 9.87. The molecule has 4 aromatic rings. The highest BCUT2D eigenvalue weighted by molar-refractivity contribution is 7.92. The summed E-state index contributed by atoms with van der Waals surface area (Å²) in [6.45, 7) is 9.38. The summed E-state index contributed by atoms with van der Waals surface area (Å²) in [5, 5.41) is 3.14. The number of Topliss-reactive ketones (excluding diaryl/α,β-unsaturated/α-hetero) is 1. The highest BCUT2D eigenvalue weighted by Crippen LogP contribution is 2.30. The maximum absolute atomic E-state index is 13.5. The minimum atomic E-state index is -3.97. The molecule has 0 saturated carbocycles. The number of ketones is 1. The van der Waals surface area contributed by atoms with Crippen LogP contribution in [0.3, 0.4) is 0 Å². The number of hydrogen-bond acceptors (Lipinski definition) is 6. The summed E-state index contributed by atoms with van der Waals surface area (Å²) in [6.07, 6.45) is 0. The second-order valence-corrected chi connectivity index (χ2v) is 11.2. The number of rotatable bonds is 6. The summed E-state index contributed by atoms with van der Waals surface area (Å²) in [4.78, 5) is 21.0. The fraction of sp³-hybridized carbons (Fsp3) is 0.222. The van der Waals surface area contributed by atoms with E-state index in [4.69, 9.17) is 0 Å². The van der Waals surface area contributed by atoms with Crippen molar-refractivity contribution in [2.45, 2.75) is 44.9 Å². The van der Waals surface area contributed by atoms with Crippen molar-refractivity contribution in [1.29, 1.82) is 0 Å². The van der Waals surface area contributed by atoms with Crippen LogP contribution in [0.4, 0.5) is 17.3 Å². The molecule has 0 radical (unpaired) electrons. The fourth-order valence-electron chi connectivity index (χ4n) is 3.62. The van der Waals surface area contributed by atoms with Crippen molar-refractivity contribution in [2.75, 3.05) is 10.0 Å². The first-order valence-electron chi connectivity index (χ1n) is 11.2. The Morgan fingerprint density at radius 2 is 1.46 bits per heavy atom. The molecule has 0 aliphatic rings. The largest absolute Gasteiger partial charge is 0.337 e. The predicted octanol–water partition coefficient (Wildman–Crippen LogP) is 5.98. The standard InChI is InChI=1S/C27H28N4O3S/c1-17-10-13-20(27(3,4)5)16-24(17)35(33,34)31-26-25(29-22-8-6-7-9-23(22)30-26)28-21-14-11-19(12-15-21)18(2)32/h6-16H,1-5H3,(H,28,29)(H,30,31). The number of anilines is 3. The molecule has 0 aliphatic heterocycles. The van der Waals surface area contributed by atoms with Gasteiger partial charge in [0.05, 0.1) is 15.9 Å². The molecule has 7 nitrogen and oxygen atoms in total. The smallest absolute Gasteiger partial charge is 0.263 e. The summed E-state index contributed by atoms with van der Waals surface area (Å²) >= 11 is 0. The van der Waals surface area contributed by atoms with Crippen LogP contribution in [0.25, 0.3) is 11.0 Å². The Morgan fingerprint density at radius 3 is 2.03 bits per heavy atom. The SMILES string of the molecule is CC(=O)c1ccc(Nc2nc3ccccc3nc2NS(=O)(=O)c2cc(C(C)(C)C)ccc2C)cc1. The quantitative estimate of drug-likeness (QED) is 0.324. The highest BCUT2D eigenvalue weighted by Gasteiger charge is 2.24. The van der Waals surface area contributed by atoms with Gasteiger partial charge in [0.2, 0.25) is 0 Å². The van der Waals surface area contributed by atoms with Crippen molar-refractivity contribution < 1.29 is 13.2 Å². The minimum absolute atomic E-state index is 0.0386. The number of aryl methyl sites for hydroxylation is 1. The molecule has 1 aromatic heterocycles. The number of benzene rings is 3. The zero-order valence-electron chi connectivity index (χ0n) is 20.4. The van der Waals surface area contributed by atoms with Gasteiger partial charge in [-0.2, -0.15) is 0 Å². The first kappa shape index (κ1) is 24.3. The van der Waals surface area contributed by atoms with Crippen LogP contribution in [0.15, 0.2) is 71.6 Å². The average Bonchev–Trinajstić information content (AvgIpc) is 2.79. The third-order valence-electron chi connectivity index (χ3n) is 5.70. The number of nitrogens with zero attached hydrogens (tertiary/aromatic N) is 2. The molecule has 0 unspecified atom stereocenters. The van der Waals surface area contributed by atoms with Crippen molar-refractivity contribution in [3.05, 3.63) is 83.4 Å². The van der Waals surface area contributed by atoms with Crippen LogP contribution in [0, 0.1) is 6.92 Å². The number of aromatic nitrogens is 2. The Kier molecular flexibility index (Phi) is 6.34. The number of carbonyl (C=O) groups is 1. The van der Waals surface area contributed by atoms with Gasteiger partial charge in [-0.05, 0) is 72.9 Å². The molecule has 35 heavy (non-hydrogen) atoms. The Hall–Kier alpha value is -3.78. The van der Waals surface area contributed by atoms with E-state index in [2.05, 4.69) is 20.0 Å². The molecule has 0 saturated heterocycles. The Bertz CT molecular complexity index is 1520. The van der Waals surface area contributed by atoms with Crippen molar-refractivity contribution in [3.63, 3.8) is 0 Å². The Balaban J connectivity index is 1.77. The lowest BCUT2D eigenvalue weighted by Crippen LogP contribution is -2.19. The van der Waals surface area contributed by atoms with Crippen LogP contribution in [0.2, 0.25) is 0 Å². The third-order valence-corrected chi connectivity index (χ3v) is 7.18. The van der Waals surface area contributed by atoms with E-state index in [9.17, 15) is 13.2 Å². The molecule has 0 spiro atoms. The normalized spacial score (nSPS) is 11.9. The molecule has 0 amide bonds. The summed E-state index contributed by atoms with van der Waals surface area (Å²) in [5.41, 5.74) is 3.73. The van der Waals surface area contributed by atoms with Crippen LogP contribution in [0.5, 0.6) is 0 Å². The van der Waals surface area contributed by atoms with E-state index in [-0.39, 0.29) is 27.7 Å². The van der Waals surface area contributed by atoms with Gasteiger partial charge < -0.3 is 5.32 Å². The summed E-state index contributed by atoms with van der Waals surface area (Å²) < 4.78 is 29.7. The molecule has 3 aromatic carbocycles. The number of nitrogens with one attached hydrogen (secondary N) is 2. The molecule has 0 atom stereocenters. The van der Waals surface area contributed by atoms with E-state index in [0.717, 1.165) is 5.56 Å². The van der Waals surface area contributed by atoms with Gasteiger partial charge in [-0.15, -0.1) is 0 Å². The first-order chi connectivity index (χ1) is 16.4. The van der Waals surface area contributed by atoms with Crippen LogP contribution < -0.4 is 10.0 Å². The van der Waals surface area contributed by atoms with E-state index in [1.807, 2.05) is 51.1 Å². The van der Waals surface area contributed by atoms with Crippen LogP contribution in [0.1, 0.15) is 49.2 Å². The Labute approximate surface area is 205 Å². The Morgan fingerprint density at radius 1 is 0.857 bits per heavy atom. The summed E-state index contributed by atoms with van der Waals surface area (Å²) in [5.74, 6) is 0.302. The predicted molar refractivity (Wildman–Crippen MR) is 140 cm³/mol. The van der Waals surface area contributed by atoms with Crippen molar-refractivity contribution in [1.82, 2.24) is 9.97 Å². The van der Waals surface area contributed by atoms with Gasteiger partial charge in [0.25, 0.3) is 10.0 Å². The van der Waals surface area contributed by atoms with Gasteiger partial charge in [-0.25, -0.2) is 18.4 Å². The first-order valence-corrected chi connectivity index (χ1v) is 12.7. The molecule has 8 heteroatoms. The van der Waals surface area contributed by atoms with Crippen molar-refractivity contribution in [3.8, 4) is 0 Å². The van der Waals surface area contributed by atoms with Crippen LogP contribution in [-0.2, 0) is 15.4 Å². The monoisotopic (exact) mass is 488 g/mol. The number of fused-ring (bicyclic) bond motifs is 1. The summed E-state index contributed by atoms with van der Waals surface area (Å²) in [7, 11) is -3.97. The molecule has 0 bridgehead atoms. The molecule has 4 rings (SSSR count). The molecule has 2 N–H and O–H groups in total. The second-order valence-electron chi connectivity index (χ2n) is 9.50. The van der Waals surface area contributed by atoms with E-state index < -0.39 is 10.0 Å². The van der Waals surface area contributed by atoms with Gasteiger partial charge in [-0.3, -0.25) is 9.52 Å². The van der Waals surface area contributed by atoms with Crippen LogP contribution in [-0.4, -0.2) is 24.2 Å². The van der Waals surface area contributed by atoms with Gasteiger partial charge in [-0.1, -0.05) is 45.0 Å². The van der Waals surface area contributed by atoms with E-state index >= 15 is 0 Å². The third kappa shape index (κ3) is 5.33. The topological polar surface area (TPSA) is 101 Å². The second kappa shape index (κ2) is 9.11. The highest BCUT2D eigenvalue weighted by atomic mass is 32.2. The molecule has 180 valence electrons. The number of carbonyl (C=O) groups excluding carboxylic acids is 1. The van der Waals surface area contributed by atoms with E-state index in [1.165, 1.54) is 6.92 Å². The maximum atomic E-state index is 13.5. The number of para-hydroxylation sites is 2. The maximum Gasteiger partial charge on any atom is 0.263 e. The molecular weight excluding hydrogens is 460 g/mol. The van der Waals surface area contributed by atoms with Crippen molar-refractivity contribution >= 4 is 44.2 Å². The fourth-order valence-corrected chi connectivity index (χ4v) is 4.90. The van der Waals surface area contributed by atoms with Gasteiger partial charge in [0.1, 0.15) is 0 Å². The van der Waals surface area contributed by atoms with Gasteiger partial charge >= 0.3 is 0 Å². The molecule has 1 heterocycles. The van der Waals surface area contributed by atoms with E-state index in [0.29, 0.717) is 27.8 Å². The molecular formula is C27H28N4O3S. The lowest BCUT2D eigenvalue weighted by Gasteiger charge is -2.21. The lowest BCUT2D eigenvalue weighted by molar-refractivity contribution is 0.101. The summed E-state index contributed by atoms with van der Waals surface area (Å²) in [6, 6.07) is 19.6. The zero-order chi connectivity index (χ0) is 25.4. The minimum Gasteiger partial charge on any atom is -0.337 e. The van der Waals surface area contributed by atoms with Crippen LogP contribution >= 0.6 is 0 Å². The molecule has 0 aliphatic carbocycles. The molecule has 0 fully saturated rings. The zero-order valence-corrected chi connectivity index (χ0v) is 21.2. The van der Waals surface area contributed by atoms with Gasteiger partial charge in [0, 0.05) is 11.3 Å². The average molecular weight is 489 g/mol.